The third-order valence-corrected chi connectivity index (χ3v) is 2.47. The molecular weight excluding hydrogens is 344 g/mol. The fourth-order valence-electron chi connectivity index (χ4n) is 1.05. The number of alkyl halides is 3. The maximum Gasteiger partial charge on any atom is 0.373 e. The summed E-state index contributed by atoms with van der Waals surface area (Å²) in [5.41, 5.74) is -0.659. The van der Waals surface area contributed by atoms with Crippen LogP contribution in [0, 0.1) is 13.8 Å². The Hall–Kier alpha value is -0.570. The first-order valence-corrected chi connectivity index (χ1v) is 5.26. The van der Waals surface area contributed by atoms with Crippen LogP contribution >= 0.6 is 34.2 Å². The highest BCUT2D eigenvalue weighted by Gasteiger charge is 2.27. The molecule has 8 heteroatoms. The summed E-state index contributed by atoms with van der Waals surface area (Å²) in [6.45, 7) is 0. The average molecular weight is 348 g/mol. The summed E-state index contributed by atoms with van der Waals surface area (Å²) >= 11 is 7.15. The Kier molecular flexibility index (Phi) is 4.14. The summed E-state index contributed by atoms with van der Waals surface area (Å²) in [6, 6.07) is 1.31. The Morgan fingerprint density at radius 3 is 2.67 bits per heavy atom. The molecular formula is C7H4ClF2IN2O2. The van der Waals surface area contributed by atoms with Crippen LogP contribution in [0.5, 0.6) is 0 Å². The van der Waals surface area contributed by atoms with E-state index in [0.717, 1.165) is 0 Å². The van der Waals surface area contributed by atoms with E-state index >= 15 is 0 Å². The van der Waals surface area contributed by atoms with E-state index in [-0.39, 0.29) is 15.1 Å². The number of nitro groups is 1. The predicted octanol–water partition coefficient (Wildman–Crippen LogP) is 3.27. The molecule has 15 heavy (non-hydrogen) atoms. The van der Waals surface area contributed by atoms with Crippen molar-refractivity contribution in [1.29, 1.82) is 0 Å². The van der Waals surface area contributed by atoms with E-state index in [1.54, 1.807) is 22.6 Å². The maximum absolute atomic E-state index is 12.6. The van der Waals surface area contributed by atoms with Gasteiger partial charge in [0.1, 0.15) is 5.56 Å². The minimum absolute atomic E-state index is 0.0396. The molecule has 0 bridgehead atoms. The molecule has 0 radical (unpaired) electrons. The molecule has 0 saturated heterocycles. The second-order valence-corrected chi connectivity index (χ2v) is 3.91. The first-order valence-electron chi connectivity index (χ1n) is 3.65. The monoisotopic (exact) mass is 348 g/mol. The molecule has 0 aliphatic rings. The summed E-state index contributed by atoms with van der Waals surface area (Å²) in [7, 11) is 0. The van der Waals surface area contributed by atoms with E-state index in [1.165, 1.54) is 6.07 Å². The van der Waals surface area contributed by atoms with Gasteiger partial charge in [-0.05, 0) is 15.5 Å². The van der Waals surface area contributed by atoms with Gasteiger partial charge in [0.05, 0.1) is 0 Å². The van der Waals surface area contributed by atoms with E-state index < -0.39 is 22.7 Å². The molecule has 1 rings (SSSR count). The van der Waals surface area contributed by atoms with Gasteiger partial charge >= 0.3 is 5.82 Å². The number of pyridine rings is 1. The number of hydrogen-bond acceptors (Lipinski definition) is 3. The second-order valence-electron chi connectivity index (χ2n) is 2.53. The van der Waals surface area contributed by atoms with Crippen molar-refractivity contribution in [3.8, 4) is 0 Å². The summed E-state index contributed by atoms with van der Waals surface area (Å²) in [5, 5.41) is 10.5. The van der Waals surface area contributed by atoms with Crippen molar-refractivity contribution in [3.05, 3.63) is 31.0 Å². The zero-order valence-electron chi connectivity index (χ0n) is 7.08. The Balaban J connectivity index is 3.47. The molecule has 1 aromatic heterocycles. The molecule has 0 N–H and O–H groups in total. The minimum Gasteiger partial charge on any atom is -0.358 e. The van der Waals surface area contributed by atoms with Crippen LogP contribution in [-0.4, -0.2) is 9.91 Å². The van der Waals surface area contributed by atoms with E-state index in [0.29, 0.717) is 0 Å². The Morgan fingerprint density at radius 2 is 2.27 bits per heavy atom. The Bertz CT molecular complexity index is 403. The maximum atomic E-state index is 12.6. The summed E-state index contributed by atoms with van der Waals surface area (Å²) < 4.78 is 25.4. The van der Waals surface area contributed by atoms with Crippen LogP contribution in [0.1, 0.15) is 17.6 Å². The van der Waals surface area contributed by atoms with Gasteiger partial charge < -0.3 is 10.1 Å². The number of aromatic nitrogens is 1. The van der Waals surface area contributed by atoms with Gasteiger partial charge in [0.25, 0.3) is 6.43 Å². The predicted molar refractivity (Wildman–Crippen MR) is 58.1 cm³/mol. The number of halogens is 4. The van der Waals surface area contributed by atoms with Gasteiger partial charge in [-0.1, -0.05) is 0 Å². The van der Waals surface area contributed by atoms with Crippen LogP contribution in [0.15, 0.2) is 6.07 Å². The van der Waals surface area contributed by atoms with Gasteiger partial charge in [0.15, 0.2) is 0 Å². The molecule has 0 aromatic carbocycles. The quantitative estimate of drug-likeness (QED) is 0.277. The molecule has 0 aliphatic carbocycles. The molecule has 0 atom stereocenters. The van der Waals surface area contributed by atoms with Crippen LogP contribution in [0.2, 0.25) is 0 Å². The van der Waals surface area contributed by atoms with Crippen molar-refractivity contribution in [2.45, 2.75) is 12.3 Å². The third kappa shape index (κ3) is 2.71. The highest BCUT2D eigenvalue weighted by molar-refractivity contribution is 14.1. The number of rotatable bonds is 3. The largest absolute Gasteiger partial charge is 0.373 e. The van der Waals surface area contributed by atoms with Gasteiger partial charge in [0, 0.05) is 34.5 Å². The first kappa shape index (κ1) is 12.5. The van der Waals surface area contributed by atoms with Crippen molar-refractivity contribution < 1.29 is 13.7 Å². The Labute approximate surface area is 102 Å². The fraction of sp³-hybridized carbons (Fsp3) is 0.286. The summed E-state index contributed by atoms with van der Waals surface area (Å²) in [6.07, 6.45) is -2.95. The van der Waals surface area contributed by atoms with Crippen LogP contribution in [-0.2, 0) is 5.88 Å². The molecule has 0 aliphatic heterocycles. The van der Waals surface area contributed by atoms with Crippen LogP contribution in [0.3, 0.4) is 0 Å². The van der Waals surface area contributed by atoms with E-state index in [2.05, 4.69) is 4.98 Å². The fourth-order valence-corrected chi connectivity index (χ4v) is 1.87. The lowest BCUT2D eigenvalue weighted by molar-refractivity contribution is -0.391. The molecule has 82 valence electrons. The summed E-state index contributed by atoms with van der Waals surface area (Å²) in [5.74, 6) is -1.04. The third-order valence-electron chi connectivity index (χ3n) is 1.63. The molecule has 0 saturated carbocycles. The van der Waals surface area contributed by atoms with Gasteiger partial charge in [-0.15, -0.1) is 11.6 Å². The van der Waals surface area contributed by atoms with E-state index in [1.807, 2.05) is 0 Å². The molecule has 0 fully saturated rings. The highest BCUT2D eigenvalue weighted by atomic mass is 127. The smallest absolute Gasteiger partial charge is 0.358 e. The lowest BCUT2D eigenvalue weighted by Gasteiger charge is -2.06. The van der Waals surface area contributed by atoms with Crippen LogP contribution in [0.4, 0.5) is 14.6 Å². The topological polar surface area (TPSA) is 56.0 Å². The zero-order chi connectivity index (χ0) is 11.6. The van der Waals surface area contributed by atoms with Crippen molar-refractivity contribution >= 4 is 40.0 Å². The normalized spacial score (nSPS) is 10.7. The molecule has 0 amide bonds. The number of nitrogens with zero attached hydrogens (tertiary/aromatic N) is 2. The second kappa shape index (κ2) is 4.97. The summed E-state index contributed by atoms with van der Waals surface area (Å²) in [4.78, 5) is 13.0. The lowest BCUT2D eigenvalue weighted by atomic mass is 10.1. The Morgan fingerprint density at radius 1 is 1.67 bits per heavy atom. The standard InChI is InChI=1S/C7H4ClF2IN2O2/c8-2-3-1-4(11)12-7(13(14)15)5(3)6(9)10/h1,6H,2H2. The van der Waals surface area contributed by atoms with E-state index in [9.17, 15) is 18.9 Å². The lowest BCUT2D eigenvalue weighted by Crippen LogP contribution is -2.04. The minimum atomic E-state index is -2.95. The molecule has 0 unspecified atom stereocenters. The van der Waals surface area contributed by atoms with Crippen LogP contribution in [0.25, 0.3) is 0 Å². The SMILES string of the molecule is O=[N+]([O-])c1nc(I)cc(CCl)c1C(F)F. The van der Waals surface area contributed by atoms with Crippen molar-refractivity contribution in [2.75, 3.05) is 0 Å². The van der Waals surface area contributed by atoms with Gasteiger partial charge in [-0.3, -0.25) is 0 Å². The highest BCUT2D eigenvalue weighted by Crippen LogP contribution is 2.32. The molecule has 1 aromatic rings. The first-order chi connectivity index (χ1) is 6.97. The van der Waals surface area contributed by atoms with Gasteiger partial charge in [-0.25, -0.2) is 8.78 Å². The molecule has 0 spiro atoms. The van der Waals surface area contributed by atoms with Crippen LogP contribution < -0.4 is 0 Å². The van der Waals surface area contributed by atoms with Crippen molar-refractivity contribution in [3.63, 3.8) is 0 Å². The van der Waals surface area contributed by atoms with Gasteiger partial charge in [0.2, 0.25) is 3.70 Å². The average Bonchev–Trinajstić information content (AvgIpc) is 2.15. The van der Waals surface area contributed by atoms with E-state index in [4.69, 9.17) is 11.6 Å². The zero-order valence-corrected chi connectivity index (χ0v) is 10.00. The molecule has 4 nitrogen and oxygen atoms in total. The van der Waals surface area contributed by atoms with Crippen molar-refractivity contribution in [2.24, 2.45) is 0 Å². The van der Waals surface area contributed by atoms with Crippen molar-refractivity contribution in [1.82, 2.24) is 4.98 Å². The van der Waals surface area contributed by atoms with Gasteiger partial charge in [-0.2, -0.15) is 0 Å². The number of hydrogen-bond donors (Lipinski definition) is 0. The molecule has 1 heterocycles.